The molecule has 5 aliphatic rings. The van der Waals surface area contributed by atoms with Crippen molar-refractivity contribution in [3.8, 4) is 11.8 Å². The van der Waals surface area contributed by atoms with Crippen LogP contribution in [0.15, 0.2) is 30.5 Å². The first-order chi connectivity index (χ1) is 18.8. The van der Waals surface area contributed by atoms with E-state index in [1.807, 2.05) is 0 Å². The van der Waals surface area contributed by atoms with Crippen molar-refractivity contribution in [2.24, 2.45) is 23.2 Å². The maximum absolute atomic E-state index is 12.8. The van der Waals surface area contributed by atoms with E-state index in [9.17, 15) is 18.4 Å². The molecule has 11 heteroatoms. The summed E-state index contributed by atoms with van der Waals surface area (Å²) in [5.41, 5.74) is 0.858. The number of rotatable bonds is 8. The highest BCUT2D eigenvalue weighted by atomic mass is 19.4. The van der Waals surface area contributed by atoms with Crippen LogP contribution in [-0.2, 0) is 11.3 Å². The van der Waals surface area contributed by atoms with Gasteiger partial charge in [0, 0.05) is 37.8 Å². The standard InChI is InChI=1S/C28H33F3N6O2/c29-28(30,31)39-23-4-2-1-3-19(23)15-33-26-34-16-22(14-32)25(36-26)35-17-27-11-18-9-20(12-27)24(21(10-18)13-27)37-5-7-38-8-6-37/h1-4,16,18,20-21,24H,5-13,15,17H2,(H2,33,34,35,36)/t18?,20-,21-,24?,27?/m0/s1. The Morgan fingerprint density at radius 2 is 1.85 bits per heavy atom. The highest BCUT2D eigenvalue weighted by Gasteiger charge is 2.56. The molecule has 7 rings (SSSR count). The van der Waals surface area contributed by atoms with Gasteiger partial charge in [0.05, 0.1) is 19.4 Å². The molecule has 1 aromatic heterocycles. The average molecular weight is 543 g/mol. The maximum Gasteiger partial charge on any atom is 0.573 e. The van der Waals surface area contributed by atoms with Crippen molar-refractivity contribution in [3.63, 3.8) is 0 Å². The number of nitrogens with one attached hydrogen (secondary N) is 2. The van der Waals surface area contributed by atoms with E-state index in [0.29, 0.717) is 34.8 Å². The van der Waals surface area contributed by atoms with E-state index in [1.165, 1.54) is 50.4 Å². The lowest BCUT2D eigenvalue weighted by molar-refractivity contribution is -0.274. The van der Waals surface area contributed by atoms with Crippen LogP contribution in [0.2, 0.25) is 0 Å². The number of morpholine rings is 1. The zero-order valence-electron chi connectivity index (χ0n) is 21.7. The van der Waals surface area contributed by atoms with Crippen LogP contribution < -0.4 is 15.4 Å². The number of halogens is 3. The van der Waals surface area contributed by atoms with Crippen molar-refractivity contribution >= 4 is 11.8 Å². The summed E-state index contributed by atoms with van der Waals surface area (Å²) >= 11 is 0. The van der Waals surface area contributed by atoms with Gasteiger partial charge in [0.2, 0.25) is 5.95 Å². The van der Waals surface area contributed by atoms with E-state index >= 15 is 0 Å². The molecule has 2 heterocycles. The van der Waals surface area contributed by atoms with Crippen LogP contribution in [-0.4, -0.2) is 60.1 Å². The molecule has 8 nitrogen and oxygen atoms in total. The molecule has 2 aromatic rings. The summed E-state index contributed by atoms with van der Waals surface area (Å²) in [5, 5.41) is 16.1. The van der Waals surface area contributed by atoms with Crippen molar-refractivity contribution in [2.75, 3.05) is 43.5 Å². The van der Waals surface area contributed by atoms with Gasteiger partial charge in [-0.3, -0.25) is 4.90 Å². The molecule has 0 amide bonds. The number of benzene rings is 1. The largest absolute Gasteiger partial charge is 0.573 e. The fraction of sp³-hybridized carbons (Fsp3) is 0.607. The Balaban J connectivity index is 1.13. The minimum absolute atomic E-state index is 0.0372. The van der Waals surface area contributed by atoms with Gasteiger partial charge in [-0.2, -0.15) is 10.2 Å². The molecule has 2 atom stereocenters. The monoisotopic (exact) mass is 542 g/mol. The van der Waals surface area contributed by atoms with E-state index in [2.05, 4.69) is 36.3 Å². The van der Waals surface area contributed by atoms with Crippen molar-refractivity contribution < 1.29 is 22.6 Å². The third-order valence-corrected chi connectivity index (χ3v) is 8.99. The lowest BCUT2D eigenvalue weighted by Crippen LogP contribution is -2.62. The molecule has 4 aliphatic carbocycles. The van der Waals surface area contributed by atoms with Crippen LogP contribution >= 0.6 is 0 Å². The van der Waals surface area contributed by atoms with Crippen LogP contribution in [0.1, 0.15) is 43.2 Å². The Morgan fingerprint density at radius 3 is 2.56 bits per heavy atom. The number of hydrogen-bond donors (Lipinski definition) is 2. The number of nitriles is 1. The summed E-state index contributed by atoms with van der Waals surface area (Å²) < 4.78 is 48.1. The van der Waals surface area contributed by atoms with Gasteiger partial charge in [0.15, 0.2) is 0 Å². The van der Waals surface area contributed by atoms with Gasteiger partial charge < -0.3 is 20.1 Å². The Morgan fingerprint density at radius 1 is 1.10 bits per heavy atom. The van der Waals surface area contributed by atoms with Crippen LogP contribution in [0.5, 0.6) is 5.75 Å². The van der Waals surface area contributed by atoms with Crippen LogP contribution in [0.4, 0.5) is 24.9 Å². The third-order valence-electron chi connectivity index (χ3n) is 8.99. The molecule has 0 radical (unpaired) electrons. The Hall–Kier alpha value is -3.10. The van der Waals surface area contributed by atoms with Crippen LogP contribution in [0, 0.1) is 34.5 Å². The topological polar surface area (TPSA) is 95.3 Å². The number of aromatic nitrogens is 2. The quantitative estimate of drug-likeness (QED) is 0.492. The summed E-state index contributed by atoms with van der Waals surface area (Å²) in [4.78, 5) is 11.4. The SMILES string of the molecule is N#Cc1cnc(NCc2ccccc2OC(F)(F)F)nc1NCC12CC3C[C@@H](C1)C(N1CCOCC1)[C@@H](C3)C2. The van der Waals surface area contributed by atoms with E-state index in [0.717, 1.165) is 38.8 Å². The fourth-order valence-electron chi connectivity index (χ4n) is 7.86. The van der Waals surface area contributed by atoms with Gasteiger partial charge in [-0.25, -0.2) is 4.98 Å². The molecule has 4 bridgehead atoms. The zero-order chi connectivity index (χ0) is 27.0. The second kappa shape index (κ2) is 10.5. The number of hydrogen-bond acceptors (Lipinski definition) is 8. The van der Waals surface area contributed by atoms with E-state index < -0.39 is 6.36 Å². The fourth-order valence-corrected chi connectivity index (χ4v) is 7.86. The number of anilines is 2. The first kappa shape index (κ1) is 26.1. The second-order valence-electron chi connectivity index (χ2n) is 11.5. The van der Waals surface area contributed by atoms with Gasteiger partial charge in [0.1, 0.15) is 23.2 Å². The molecule has 1 aliphatic heterocycles. The first-order valence-corrected chi connectivity index (χ1v) is 13.7. The van der Waals surface area contributed by atoms with Gasteiger partial charge in [-0.15, -0.1) is 13.2 Å². The highest BCUT2D eigenvalue weighted by molar-refractivity contribution is 5.53. The predicted octanol–water partition coefficient (Wildman–Crippen LogP) is 4.80. The van der Waals surface area contributed by atoms with E-state index in [-0.39, 0.29) is 23.7 Å². The Kier molecular flexibility index (Phi) is 7.02. The molecule has 39 heavy (non-hydrogen) atoms. The summed E-state index contributed by atoms with van der Waals surface area (Å²) in [6.45, 7) is 4.50. The molecule has 5 fully saturated rings. The Bertz CT molecular complexity index is 1210. The number of para-hydroxylation sites is 1. The second-order valence-corrected chi connectivity index (χ2v) is 11.5. The van der Waals surface area contributed by atoms with Gasteiger partial charge in [0.25, 0.3) is 0 Å². The number of ether oxygens (including phenoxy) is 2. The van der Waals surface area contributed by atoms with E-state index in [1.54, 1.807) is 12.1 Å². The smallest absolute Gasteiger partial charge is 0.405 e. The highest BCUT2D eigenvalue weighted by Crippen LogP contribution is 2.61. The number of nitrogens with zero attached hydrogens (tertiary/aromatic N) is 4. The van der Waals surface area contributed by atoms with Gasteiger partial charge in [-0.05, 0) is 61.3 Å². The maximum atomic E-state index is 12.8. The molecule has 1 saturated heterocycles. The molecule has 2 N–H and O–H groups in total. The van der Waals surface area contributed by atoms with Crippen LogP contribution in [0.3, 0.4) is 0 Å². The van der Waals surface area contributed by atoms with Crippen molar-refractivity contribution in [2.45, 2.75) is 51.1 Å². The molecule has 1 aromatic carbocycles. The van der Waals surface area contributed by atoms with E-state index in [4.69, 9.17) is 4.74 Å². The predicted molar refractivity (Wildman–Crippen MR) is 138 cm³/mol. The van der Waals surface area contributed by atoms with Gasteiger partial charge in [-0.1, -0.05) is 18.2 Å². The number of alkyl halides is 3. The van der Waals surface area contributed by atoms with Crippen molar-refractivity contribution in [1.29, 1.82) is 5.26 Å². The zero-order valence-corrected chi connectivity index (χ0v) is 21.7. The lowest BCUT2D eigenvalue weighted by atomic mass is 9.47. The van der Waals surface area contributed by atoms with Crippen molar-refractivity contribution in [3.05, 3.63) is 41.6 Å². The lowest BCUT2D eigenvalue weighted by Gasteiger charge is -2.62. The third kappa shape index (κ3) is 5.63. The Labute approximate surface area is 225 Å². The molecule has 4 saturated carbocycles. The van der Waals surface area contributed by atoms with Gasteiger partial charge >= 0.3 is 6.36 Å². The molecular formula is C28H33F3N6O2. The first-order valence-electron chi connectivity index (χ1n) is 13.7. The summed E-state index contributed by atoms with van der Waals surface area (Å²) in [7, 11) is 0. The average Bonchev–Trinajstić information content (AvgIpc) is 2.91. The molecule has 0 spiro atoms. The van der Waals surface area contributed by atoms with Crippen molar-refractivity contribution in [1.82, 2.24) is 14.9 Å². The minimum atomic E-state index is -4.78. The normalized spacial score (nSPS) is 30.1. The minimum Gasteiger partial charge on any atom is -0.405 e. The summed E-state index contributed by atoms with van der Waals surface area (Å²) in [6.07, 6.45) is 2.86. The molecule has 208 valence electrons. The summed E-state index contributed by atoms with van der Waals surface area (Å²) in [6, 6.07) is 8.77. The van der Waals surface area contributed by atoms with Crippen LogP contribution in [0.25, 0.3) is 0 Å². The summed E-state index contributed by atoms with van der Waals surface area (Å²) in [5.74, 6) is 2.58. The molecular weight excluding hydrogens is 509 g/mol. The molecule has 0 unspecified atom stereocenters.